The second-order valence-electron chi connectivity index (χ2n) is 5.75. The van der Waals surface area contributed by atoms with Crippen molar-refractivity contribution >= 4 is 10.0 Å². The average molecular weight is 314 g/mol. The van der Waals surface area contributed by atoms with Crippen molar-refractivity contribution in [2.75, 3.05) is 13.2 Å². The van der Waals surface area contributed by atoms with Crippen LogP contribution < -0.4 is 5.73 Å². The second kappa shape index (κ2) is 5.39. The van der Waals surface area contributed by atoms with E-state index in [1.165, 1.54) is 0 Å². The maximum atomic E-state index is 13.1. The van der Waals surface area contributed by atoms with Crippen molar-refractivity contribution in [3.05, 3.63) is 17.1 Å². The molecule has 21 heavy (non-hydrogen) atoms. The molecule has 1 aromatic rings. The topological polar surface area (TPSA) is 85.8 Å². The first-order valence-corrected chi connectivity index (χ1v) is 8.83. The van der Waals surface area contributed by atoms with E-state index in [0.29, 0.717) is 30.2 Å². The van der Waals surface area contributed by atoms with E-state index < -0.39 is 10.0 Å². The van der Waals surface area contributed by atoms with Crippen molar-refractivity contribution < 1.29 is 17.6 Å². The number of aryl methyl sites for hydroxylation is 2. The molecule has 0 bridgehead atoms. The van der Waals surface area contributed by atoms with Crippen LogP contribution in [0.4, 0.5) is 0 Å². The Bertz CT molecular complexity index is 638. The number of rotatable bonds is 3. The van der Waals surface area contributed by atoms with E-state index in [0.717, 1.165) is 19.3 Å². The van der Waals surface area contributed by atoms with Crippen LogP contribution in [0.3, 0.4) is 0 Å². The Hall–Kier alpha value is -0.890. The lowest BCUT2D eigenvalue weighted by Gasteiger charge is -2.36. The standard InChI is InChI=1S/C14H22N2O4S/c1-9-11(8-15)14(10(2)20-9)21(17,18)16-6-7-19-13-5-3-4-12(13)16/h12-13H,3-8,15H2,1-2H3. The summed E-state index contributed by atoms with van der Waals surface area (Å²) in [6.07, 6.45) is 2.83. The monoisotopic (exact) mass is 314 g/mol. The molecule has 2 aliphatic rings. The largest absolute Gasteiger partial charge is 0.465 e. The number of hydrogen-bond donors (Lipinski definition) is 1. The molecular formula is C14H22N2O4S. The van der Waals surface area contributed by atoms with E-state index in [1.807, 2.05) is 0 Å². The molecule has 2 atom stereocenters. The molecular weight excluding hydrogens is 292 g/mol. The Kier molecular flexibility index (Phi) is 3.85. The fourth-order valence-corrected chi connectivity index (χ4v) is 5.68. The van der Waals surface area contributed by atoms with Gasteiger partial charge in [-0.15, -0.1) is 0 Å². The smallest absolute Gasteiger partial charge is 0.247 e. The first-order valence-electron chi connectivity index (χ1n) is 7.39. The van der Waals surface area contributed by atoms with Gasteiger partial charge in [-0.2, -0.15) is 4.31 Å². The number of furan rings is 1. The maximum absolute atomic E-state index is 13.1. The van der Waals surface area contributed by atoms with Crippen LogP contribution in [-0.4, -0.2) is 38.0 Å². The van der Waals surface area contributed by atoms with E-state index >= 15 is 0 Å². The summed E-state index contributed by atoms with van der Waals surface area (Å²) in [5.41, 5.74) is 6.32. The van der Waals surface area contributed by atoms with Gasteiger partial charge in [0.2, 0.25) is 10.0 Å². The highest BCUT2D eigenvalue weighted by Crippen LogP contribution is 2.36. The second-order valence-corrected chi connectivity index (χ2v) is 7.58. The first kappa shape index (κ1) is 15.0. The van der Waals surface area contributed by atoms with Crippen LogP contribution in [0.5, 0.6) is 0 Å². The van der Waals surface area contributed by atoms with Crippen molar-refractivity contribution in [3.8, 4) is 0 Å². The number of hydrogen-bond acceptors (Lipinski definition) is 5. The predicted octanol–water partition coefficient (Wildman–Crippen LogP) is 1.30. The van der Waals surface area contributed by atoms with Crippen molar-refractivity contribution in [2.24, 2.45) is 5.73 Å². The molecule has 3 rings (SSSR count). The fourth-order valence-electron chi connectivity index (χ4n) is 3.59. The molecule has 0 spiro atoms. The number of nitrogens with zero attached hydrogens (tertiary/aromatic N) is 1. The zero-order valence-corrected chi connectivity index (χ0v) is 13.3. The highest BCUT2D eigenvalue weighted by molar-refractivity contribution is 7.89. The van der Waals surface area contributed by atoms with Crippen LogP contribution in [0, 0.1) is 13.8 Å². The number of morpholine rings is 1. The van der Waals surface area contributed by atoms with E-state index in [-0.39, 0.29) is 23.6 Å². The summed E-state index contributed by atoms with van der Waals surface area (Å²) in [5.74, 6) is 1.01. The van der Waals surface area contributed by atoms with Gasteiger partial charge in [-0.05, 0) is 33.1 Å². The lowest BCUT2D eigenvalue weighted by Crippen LogP contribution is -2.51. The Balaban J connectivity index is 2.04. The van der Waals surface area contributed by atoms with E-state index in [2.05, 4.69) is 0 Å². The van der Waals surface area contributed by atoms with Gasteiger partial charge in [-0.1, -0.05) is 0 Å². The normalized spacial score (nSPS) is 27.0. The van der Waals surface area contributed by atoms with E-state index in [9.17, 15) is 8.42 Å². The molecule has 1 aromatic heterocycles. The molecule has 0 radical (unpaired) electrons. The van der Waals surface area contributed by atoms with Crippen LogP contribution in [0.15, 0.2) is 9.31 Å². The SMILES string of the molecule is Cc1oc(C)c(S(=O)(=O)N2CCOC3CCCC32)c1CN. The Labute approximate surface area is 125 Å². The summed E-state index contributed by atoms with van der Waals surface area (Å²) in [4.78, 5) is 0.259. The molecule has 1 aliphatic heterocycles. The van der Waals surface area contributed by atoms with Gasteiger partial charge in [0.05, 0.1) is 18.8 Å². The zero-order valence-electron chi connectivity index (χ0n) is 12.5. The highest BCUT2D eigenvalue weighted by Gasteiger charge is 2.44. The molecule has 7 heteroatoms. The molecule has 1 saturated heterocycles. The Morgan fingerprint density at radius 2 is 2.05 bits per heavy atom. The molecule has 118 valence electrons. The lowest BCUT2D eigenvalue weighted by atomic mass is 10.2. The molecule has 1 saturated carbocycles. The summed E-state index contributed by atoms with van der Waals surface area (Å²) >= 11 is 0. The minimum Gasteiger partial charge on any atom is -0.465 e. The van der Waals surface area contributed by atoms with Crippen LogP contribution in [0.25, 0.3) is 0 Å². The van der Waals surface area contributed by atoms with Crippen LogP contribution in [0.2, 0.25) is 0 Å². The average Bonchev–Trinajstić information content (AvgIpc) is 3.01. The van der Waals surface area contributed by atoms with Crippen molar-refractivity contribution in [3.63, 3.8) is 0 Å². The quantitative estimate of drug-likeness (QED) is 0.909. The number of ether oxygens (including phenoxy) is 1. The molecule has 6 nitrogen and oxygen atoms in total. The third-order valence-corrected chi connectivity index (χ3v) is 6.65. The van der Waals surface area contributed by atoms with Gasteiger partial charge in [0.15, 0.2) is 0 Å². The molecule has 0 aromatic carbocycles. The van der Waals surface area contributed by atoms with Crippen molar-refractivity contribution in [1.29, 1.82) is 0 Å². The Morgan fingerprint density at radius 1 is 1.29 bits per heavy atom. The van der Waals surface area contributed by atoms with Crippen LogP contribution >= 0.6 is 0 Å². The third-order valence-electron chi connectivity index (χ3n) is 4.53. The maximum Gasteiger partial charge on any atom is 0.247 e. The molecule has 0 amide bonds. The molecule has 1 aliphatic carbocycles. The summed E-state index contributed by atoms with van der Waals surface area (Å²) < 4.78 is 39.0. The predicted molar refractivity (Wildman–Crippen MR) is 77.3 cm³/mol. The zero-order chi connectivity index (χ0) is 15.2. The minimum atomic E-state index is -3.59. The Morgan fingerprint density at radius 3 is 2.76 bits per heavy atom. The molecule has 2 unspecified atom stereocenters. The van der Waals surface area contributed by atoms with Gasteiger partial charge < -0.3 is 14.9 Å². The van der Waals surface area contributed by atoms with Gasteiger partial charge in [-0.25, -0.2) is 8.42 Å². The van der Waals surface area contributed by atoms with Crippen LogP contribution in [-0.2, 0) is 21.3 Å². The van der Waals surface area contributed by atoms with Gasteiger partial charge in [0.25, 0.3) is 0 Å². The third kappa shape index (κ3) is 2.32. The van der Waals surface area contributed by atoms with Crippen molar-refractivity contribution in [2.45, 2.75) is 56.7 Å². The highest BCUT2D eigenvalue weighted by atomic mass is 32.2. The van der Waals surface area contributed by atoms with Crippen molar-refractivity contribution in [1.82, 2.24) is 4.31 Å². The van der Waals surface area contributed by atoms with Gasteiger partial charge in [0.1, 0.15) is 16.4 Å². The fraction of sp³-hybridized carbons (Fsp3) is 0.714. The van der Waals surface area contributed by atoms with E-state index in [1.54, 1.807) is 18.2 Å². The van der Waals surface area contributed by atoms with Gasteiger partial charge in [-0.3, -0.25) is 0 Å². The molecule has 2 fully saturated rings. The summed E-state index contributed by atoms with van der Waals surface area (Å²) in [5, 5.41) is 0. The molecule has 2 N–H and O–H groups in total. The first-order chi connectivity index (χ1) is 9.96. The molecule has 2 heterocycles. The number of fused-ring (bicyclic) bond motifs is 1. The summed E-state index contributed by atoms with van der Waals surface area (Å²) in [6, 6.07) is -0.0519. The van der Waals surface area contributed by atoms with Crippen LogP contribution in [0.1, 0.15) is 36.3 Å². The van der Waals surface area contributed by atoms with Gasteiger partial charge >= 0.3 is 0 Å². The number of nitrogens with two attached hydrogens (primary N) is 1. The van der Waals surface area contributed by atoms with E-state index in [4.69, 9.17) is 14.9 Å². The minimum absolute atomic E-state index is 0.0307. The van der Waals surface area contributed by atoms with Gasteiger partial charge in [0, 0.05) is 18.7 Å². The number of sulfonamides is 1. The lowest BCUT2D eigenvalue weighted by molar-refractivity contribution is -0.0242. The summed E-state index contributed by atoms with van der Waals surface area (Å²) in [6.45, 7) is 4.46. The summed E-state index contributed by atoms with van der Waals surface area (Å²) in [7, 11) is -3.59.